The fraction of sp³-hybridized carbons (Fsp3) is 0.846. The van der Waals surface area contributed by atoms with Crippen molar-refractivity contribution < 1.29 is 19.4 Å². The Morgan fingerprint density at radius 1 is 1.13 bits per heavy atom. The van der Waals surface area contributed by atoms with Gasteiger partial charge in [0.15, 0.2) is 5.78 Å². The van der Waals surface area contributed by atoms with E-state index >= 15 is 0 Å². The summed E-state index contributed by atoms with van der Waals surface area (Å²) in [5, 5.41) is 11.0. The second-order valence-electron chi connectivity index (χ2n) is 11.0. The minimum absolute atomic E-state index is 0.0215. The first kappa shape index (κ1) is 22.0. The van der Waals surface area contributed by atoms with E-state index in [2.05, 4.69) is 20.8 Å². The highest BCUT2D eigenvalue weighted by Crippen LogP contribution is 2.65. The number of hydrogen-bond donors (Lipinski definition) is 1. The number of rotatable bonds is 6. The van der Waals surface area contributed by atoms with Gasteiger partial charge < -0.3 is 9.84 Å². The fourth-order valence-corrected chi connectivity index (χ4v) is 7.67. The van der Waals surface area contributed by atoms with E-state index in [9.17, 15) is 14.7 Å². The largest absolute Gasteiger partial charge is 0.462 e. The molecule has 0 aromatic heterocycles. The molecule has 0 aromatic carbocycles. The van der Waals surface area contributed by atoms with Gasteiger partial charge in [-0.3, -0.25) is 9.59 Å². The number of esters is 1. The summed E-state index contributed by atoms with van der Waals surface area (Å²) in [7, 11) is 0. The number of aliphatic hydroxyl groups excluding tert-OH is 1. The molecule has 30 heavy (non-hydrogen) atoms. The van der Waals surface area contributed by atoms with Crippen molar-refractivity contribution in [2.45, 2.75) is 110 Å². The summed E-state index contributed by atoms with van der Waals surface area (Å²) >= 11 is 0. The van der Waals surface area contributed by atoms with Crippen LogP contribution < -0.4 is 0 Å². The first-order valence-corrected chi connectivity index (χ1v) is 12.4. The fourth-order valence-electron chi connectivity index (χ4n) is 7.67. The predicted molar refractivity (Wildman–Crippen MR) is 117 cm³/mol. The van der Waals surface area contributed by atoms with E-state index in [0.717, 1.165) is 56.9 Å². The zero-order valence-electron chi connectivity index (χ0n) is 19.1. The molecule has 168 valence electrons. The monoisotopic (exact) mass is 416 g/mol. The average Bonchev–Trinajstić information content (AvgIpc) is 3.03. The second-order valence-corrected chi connectivity index (χ2v) is 11.0. The molecular formula is C26H40O4. The maximum atomic E-state index is 12.5. The Morgan fingerprint density at radius 3 is 2.70 bits per heavy atom. The molecule has 0 radical (unpaired) electrons. The van der Waals surface area contributed by atoms with Crippen LogP contribution in [0.1, 0.15) is 97.8 Å². The van der Waals surface area contributed by atoms with Gasteiger partial charge in [0.25, 0.3) is 0 Å². The van der Waals surface area contributed by atoms with Gasteiger partial charge >= 0.3 is 5.97 Å². The van der Waals surface area contributed by atoms with Gasteiger partial charge in [0.05, 0.1) is 6.10 Å². The quantitative estimate of drug-likeness (QED) is 0.467. The number of aliphatic hydroxyl groups is 1. The van der Waals surface area contributed by atoms with Crippen LogP contribution in [0.2, 0.25) is 0 Å². The Hall–Kier alpha value is -1.16. The minimum Gasteiger partial charge on any atom is -0.462 e. The average molecular weight is 417 g/mol. The maximum absolute atomic E-state index is 12.5. The van der Waals surface area contributed by atoms with E-state index < -0.39 is 6.10 Å². The van der Waals surface area contributed by atoms with Crippen molar-refractivity contribution in [2.75, 3.05) is 0 Å². The molecular weight excluding hydrogens is 376 g/mol. The van der Waals surface area contributed by atoms with Crippen LogP contribution in [0, 0.1) is 28.6 Å². The Bertz CT molecular complexity index is 712. The van der Waals surface area contributed by atoms with Gasteiger partial charge in [-0.25, -0.2) is 0 Å². The highest BCUT2D eigenvalue weighted by Gasteiger charge is 2.61. The van der Waals surface area contributed by atoms with Crippen LogP contribution in [0.3, 0.4) is 0 Å². The SMILES string of the molecule is CCCCCCC(=O)O[C@H]1CC[C@H]2[C@@H]3C[C@@H](O)C4=CC(=O)CC[C@]4(C)[C@H]3CC[C@]12C. The molecule has 0 spiro atoms. The molecule has 7 atom stereocenters. The summed E-state index contributed by atoms with van der Waals surface area (Å²) in [5.74, 6) is 1.64. The molecule has 3 saturated carbocycles. The molecule has 1 N–H and O–H groups in total. The Kier molecular flexibility index (Phi) is 6.18. The van der Waals surface area contributed by atoms with Crippen molar-refractivity contribution in [1.29, 1.82) is 0 Å². The molecule has 4 rings (SSSR count). The van der Waals surface area contributed by atoms with Crippen molar-refractivity contribution >= 4 is 11.8 Å². The normalized spacial score (nSPS) is 42.7. The van der Waals surface area contributed by atoms with E-state index in [0.29, 0.717) is 30.6 Å². The summed E-state index contributed by atoms with van der Waals surface area (Å²) in [5.41, 5.74) is 0.977. The lowest BCUT2D eigenvalue weighted by molar-refractivity contribution is -0.161. The van der Waals surface area contributed by atoms with Crippen LogP contribution >= 0.6 is 0 Å². The lowest BCUT2D eigenvalue weighted by Gasteiger charge is -2.58. The molecule has 0 saturated heterocycles. The summed E-state index contributed by atoms with van der Waals surface area (Å²) < 4.78 is 6.06. The summed E-state index contributed by atoms with van der Waals surface area (Å²) in [4.78, 5) is 24.5. The second kappa shape index (κ2) is 8.41. The lowest BCUT2D eigenvalue weighted by atomic mass is 9.47. The van der Waals surface area contributed by atoms with Gasteiger partial charge in [0, 0.05) is 18.3 Å². The summed E-state index contributed by atoms with van der Waals surface area (Å²) in [6.45, 7) is 6.80. The van der Waals surface area contributed by atoms with E-state index in [1.54, 1.807) is 6.08 Å². The minimum atomic E-state index is -0.497. The molecule has 0 bridgehead atoms. The van der Waals surface area contributed by atoms with E-state index in [4.69, 9.17) is 4.74 Å². The van der Waals surface area contributed by atoms with Crippen LogP contribution in [0.4, 0.5) is 0 Å². The molecule has 3 fully saturated rings. The third-order valence-corrected chi connectivity index (χ3v) is 9.40. The van der Waals surface area contributed by atoms with E-state index in [1.165, 1.54) is 12.8 Å². The summed E-state index contributed by atoms with van der Waals surface area (Å²) in [6.07, 6.45) is 12.7. The molecule has 0 heterocycles. The summed E-state index contributed by atoms with van der Waals surface area (Å²) in [6, 6.07) is 0. The molecule has 4 heteroatoms. The molecule has 0 aliphatic heterocycles. The van der Waals surface area contributed by atoms with Crippen LogP contribution in [0.15, 0.2) is 11.6 Å². The maximum Gasteiger partial charge on any atom is 0.306 e. The van der Waals surface area contributed by atoms with Gasteiger partial charge in [-0.15, -0.1) is 0 Å². The lowest BCUT2D eigenvalue weighted by Crippen LogP contribution is -2.54. The van der Waals surface area contributed by atoms with Crippen LogP contribution in [0.5, 0.6) is 0 Å². The number of unbranched alkanes of at least 4 members (excludes halogenated alkanes) is 3. The Morgan fingerprint density at radius 2 is 1.93 bits per heavy atom. The molecule has 0 aromatic rings. The third-order valence-electron chi connectivity index (χ3n) is 9.40. The Balaban J connectivity index is 1.46. The number of carbonyl (C=O) groups excluding carboxylic acids is 2. The molecule has 4 aliphatic rings. The van der Waals surface area contributed by atoms with Crippen molar-refractivity contribution in [2.24, 2.45) is 28.6 Å². The zero-order valence-corrected chi connectivity index (χ0v) is 19.1. The highest BCUT2D eigenvalue weighted by molar-refractivity contribution is 5.91. The van der Waals surface area contributed by atoms with Gasteiger partial charge in [-0.2, -0.15) is 0 Å². The smallest absolute Gasteiger partial charge is 0.306 e. The first-order chi connectivity index (χ1) is 14.3. The highest BCUT2D eigenvalue weighted by atomic mass is 16.5. The number of ketones is 1. The number of ether oxygens (including phenoxy) is 1. The van der Waals surface area contributed by atoms with Gasteiger partial charge in [-0.05, 0) is 79.8 Å². The number of fused-ring (bicyclic) bond motifs is 5. The van der Waals surface area contributed by atoms with Crippen LogP contribution in [0.25, 0.3) is 0 Å². The molecule has 4 aliphatic carbocycles. The number of hydrogen-bond acceptors (Lipinski definition) is 4. The Labute approximate surface area is 181 Å². The van der Waals surface area contributed by atoms with Gasteiger partial charge in [-0.1, -0.05) is 40.0 Å². The molecule has 4 nitrogen and oxygen atoms in total. The third kappa shape index (κ3) is 3.67. The van der Waals surface area contributed by atoms with Gasteiger partial charge in [0.2, 0.25) is 0 Å². The topological polar surface area (TPSA) is 63.6 Å². The first-order valence-electron chi connectivity index (χ1n) is 12.4. The van der Waals surface area contributed by atoms with Crippen molar-refractivity contribution in [3.8, 4) is 0 Å². The van der Waals surface area contributed by atoms with Gasteiger partial charge in [0.1, 0.15) is 6.10 Å². The van der Waals surface area contributed by atoms with Crippen molar-refractivity contribution in [3.05, 3.63) is 11.6 Å². The van der Waals surface area contributed by atoms with Crippen molar-refractivity contribution in [1.82, 2.24) is 0 Å². The van der Waals surface area contributed by atoms with Crippen molar-refractivity contribution in [3.63, 3.8) is 0 Å². The van der Waals surface area contributed by atoms with Crippen LogP contribution in [-0.4, -0.2) is 29.1 Å². The van der Waals surface area contributed by atoms with E-state index in [1.807, 2.05) is 0 Å². The standard InChI is InChI=1S/C26H40O4/c1-4-5-6-7-8-24(29)30-23-10-9-19-18-16-22(28)21-15-17(27)11-13-25(21,2)20(18)12-14-26(19,23)3/h15,18-20,22-23,28H,4-14,16H2,1-3H3/t18-,19-,20-,22+,23-,25+,26-/m0/s1. The number of carbonyl (C=O) groups is 2. The molecule has 0 unspecified atom stereocenters. The predicted octanol–water partition coefficient (Wildman–Crippen LogP) is 5.37. The van der Waals surface area contributed by atoms with Crippen LogP contribution in [-0.2, 0) is 14.3 Å². The zero-order chi connectivity index (χ0) is 21.5. The molecule has 0 amide bonds. The van der Waals surface area contributed by atoms with E-state index in [-0.39, 0.29) is 28.7 Å².